The molecule has 0 N–H and O–H groups in total. The molecule has 0 bridgehead atoms. The van der Waals surface area contributed by atoms with Gasteiger partial charge in [-0.2, -0.15) is 0 Å². The first kappa shape index (κ1) is 22.6. The number of carbonyl (C=O) groups is 1. The predicted octanol–water partition coefficient (Wildman–Crippen LogP) is 3.24. The first-order chi connectivity index (χ1) is 15.7. The summed E-state index contributed by atoms with van der Waals surface area (Å²) in [5.41, 5.74) is 1.68. The molecule has 0 atom stereocenters. The maximum Gasteiger partial charge on any atom is 0.253 e. The predicted molar refractivity (Wildman–Crippen MR) is 122 cm³/mol. The molecule has 0 radical (unpaired) electrons. The Balaban J connectivity index is 1.34. The Morgan fingerprint density at radius 2 is 1.78 bits per heavy atom. The van der Waals surface area contributed by atoms with E-state index in [2.05, 4.69) is 9.88 Å². The number of nitrogens with zero attached hydrogens (tertiary/aromatic N) is 3. The van der Waals surface area contributed by atoms with Crippen LogP contribution in [0.15, 0.2) is 42.7 Å². The van der Waals surface area contributed by atoms with Crippen molar-refractivity contribution in [1.82, 2.24) is 14.8 Å². The van der Waals surface area contributed by atoms with Crippen LogP contribution in [0.2, 0.25) is 0 Å². The Hall–Kier alpha value is -2.64. The van der Waals surface area contributed by atoms with Gasteiger partial charge >= 0.3 is 0 Å². The van der Waals surface area contributed by atoms with Crippen molar-refractivity contribution in [2.24, 2.45) is 5.92 Å². The minimum atomic E-state index is 0.0662. The number of morpholine rings is 1. The van der Waals surface area contributed by atoms with Crippen LogP contribution in [-0.4, -0.2) is 73.2 Å². The molecule has 0 spiro atoms. The van der Waals surface area contributed by atoms with E-state index in [1.54, 1.807) is 12.4 Å². The van der Waals surface area contributed by atoms with Gasteiger partial charge in [0.05, 0.1) is 19.8 Å². The lowest BCUT2D eigenvalue weighted by Gasteiger charge is -2.36. The Labute approximate surface area is 190 Å². The second kappa shape index (κ2) is 11.3. The maximum absolute atomic E-state index is 13.1. The molecule has 32 heavy (non-hydrogen) atoms. The highest BCUT2D eigenvalue weighted by molar-refractivity contribution is 5.95. The van der Waals surface area contributed by atoms with Crippen LogP contribution in [0.25, 0.3) is 0 Å². The van der Waals surface area contributed by atoms with E-state index < -0.39 is 0 Å². The number of amides is 1. The Kier molecular flexibility index (Phi) is 7.96. The van der Waals surface area contributed by atoms with E-state index in [9.17, 15) is 4.79 Å². The van der Waals surface area contributed by atoms with Crippen molar-refractivity contribution < 1.29 is 19.0 Å². The van der Waals surface area contributed by atoms with Crippen molar-refractivity contribution >= 4 is 5.91 Å². The standard InChI is InChI=1S/C25H33N3O4/c1-2-31-24-17-22(3-4-23(24)32-19-21-5-9-26-10-6-21)25(29)28-11-7-20(8-12-28)18-27-13-15-30-16-14-27/h3-6,9-10,17,20H,2,7-8,11-16,18-19H2,1H3. The average molecular weight is 440 g/mol. The van der Waals surface area contributed by atoms with Gasteiger partial charge in [-0.1, -0.05) is 0 Å². The number of piperidine rings is 1. The third-order valence-corrected chi connectivity index (χ3v) is 6.16. The number of pyridine rings is 1. The van der Waals surface area contributed by atoms with Crippen molar-refractivity contribution in [3.63, 3.8) is 0 Å². The van der Waals surface area contributed by atoms with Gasteiger partial charge in [-0.25, -0.2) is 0 Å². The van der Waals surface area contributed by atoms with E-state index in [0.717, 1.165) is 64.3 Å². The summed E-state index contributed by atoms with van der Waals surface area (Å²) in [4.78, 5) is 21.6. The third-order valence-electron chi connectivity index (χ3n) is 6.16. The van der Waals surface area contributed by atoms with Gasteiger partial charge < -0.3 is 19.1 Å². The lowest BCUT2D eigenvalue weighted by Crippen LogP contribution is -2.44. The van der Waals surface area contributed by atoms with E-state index in [0.29, 0.717) is 36.2 Å². The largest absolute Gasteiger partial charge is 0.490 e. The van der Waals surface area contributed by atoms with Crippen LogP contribution in [0.5, 0.6) is 11.5 Å². The van der Waals surface area contributed by atoms with Gasteiger partial charge in [-0.3, -0.25) is 14.7 Å². The Morgan fingerprint density at radius 1 is 1.03 bits per heavy atom. The van der Waals surface area contributed by atoms with Crippen molar-refractivity contribution in [3.05, 3.63) is 53.9 Å². The van der Waals surface area contributed by atoms with E-state index in [4.69, 9.17) is 14.2 Å². The van der Waals surface area contributed by atoms with Crippen molar-refractivity contribution in [2.75, 3.05) is 52.5 Å². The lowest BCUT2D eigenvalue weighted by molar-refractivity contribution is 0.0243. The molecule has 0 aliphatic carbocycles. The number of hydrogen-bond acceptors (Lipinski definition) is 6. The third kappa shape index (κ3) is 5.99. The molecule has 0 saturated carbocycles. The molecular formula is C25H33N3O4. The number of ether oxygens (including phenoxy) is 3. The monoisotopic (exact) mass is 439 g/mol. The molecule has 7 nitrogen and oxygen atoms in total. The van der Waals surface area contributed by atoms with E-state index in [1.165, 1.54) is 0 Å². The van der Waals surface area contributed by atoms with Crippen molar-refractivity contribution in [2.45, 2.75) is 26.4 Å². The van der Waals surface area contributed by atoms with Gasteiger partial charge in [0.1, 0.15) is 6.61 Å². The molecule has 2 fully saturated rings. The van der Waals surface area contributed by atoms with E-state index >= 15 is 0 Å². The smallest absolute Gasteiger partial charge is 0.253 e. The summed E-state index contributed by atoms with van der Waals surface area (Å²) in [5, 5.41) is 0. The lowest BCUT2D eigenvalue weighted by atomic mass is 9.95. The number of benzene rings is 1. The summed E-state index contributed by atoms with van der Waals surface area (Å²) >= 11 is 0. The van der Waals surface area contributed by atoms with Crippen LogP contribution < -0.4 is 9.47 Å². The molecule has 4 rings (SSSR count). The summed E-state index contributed by atoms with van der Waals surface area (Å²) in [7, 11) is 0. The summed E-state index contributed by atoms with van der Waals surface area (Å²) in [6, 6.07) is 9.33. The fourth-order valence-electron chi connectivity index (χ4n) is 4.32. The molecule has 7 heteroatoms. The number of aromatic nitrogens is 1. The normalized spacial score (nSPS) is 17.8. The molecule has 1 aromatic carbocycles. The number of carbonyl (C=O) groups excluding carboxylic acids is 1. The summed E-state index contributed by atoms with van der Waals surface area (Å²) < 4.78 is 17.2. The van der Waals surface area contributed by atoms with Crippen LogP contribution in [0, 0.1) is 5.92 Å². The molecule has 3 heterocycles. The van der Waals surface area contributed by atoms with Gasteiger partial charge in [0, 0.05) is 50.7 Å². The number of hydrogen-bond donors (Lipinski definition) is 0. The highest BCUT2D eigenvalue weighted by Gasteiger charge is 2.26. The van der Waals surface area contributed by atoms with Crippen LogP contribution in [0.4, 0.5) is 0 Å². The van der Waals surface area contributed by atoms with Crippen LogP contribution in [0.1, 0.15) is 35.7 Å². The SMILES string of the molecule is CCOc1cc(C(=O)N2CCC(CN3CCOCC3)CC2)ccc1OCc1ccncc1. The summed E-state index contributed by atoms with van der Waals surface area (Å²) in [6.07, 6.45) is 5.59. The highest BCUT2D eigenvalue weighted by atomic mass is 16.5. The molecule has 172 valence electrons. The van der Waals surface area contributed by atoms with Crippen LogP contribution >= 0.6 is 0 Å². The molecule has 2 aromatic rings. The van der Waals surface area contributed by atoms with Crippen LogP contribution in [0.3, 0.4) is 0 Å². The Morgan fingerprint density at radius 3 is 2.50 bits per heavy atom. The average Bonchev–Trinajstić information content (AvgIpc) is 2.85. The zero-order chi connectivity index (χ0) is 22.2. The summed E-state index contributed by atoms with van der Waals surface area (Å²) in [6.45, 7) is 9.30. The fraction of sp³-hybridized carbons (Fsp3) is 0.520. The van der Waals surface area contributed by atoms with Gasteiger partial charge in [0.15, 0.2) is 11.5 Å². The van der Waals surface area contributed by atoms with Gasteiger partial charge in [-0.15, -0.1) is 0 Å². The zero-order valence-electron chi connectivity index (χ0n) is 18.9. The summed E-state index contributed by atoms with van der Waals surface area (Å²) in [5.74, 6) is 1.97. The second-order valence-corrected chi connectivity index (χ2v) is 8.39. The number of likely N-dealkylation sites (tertiary alicyclic amines) is 1. The molecule has 0 unspecified atom stereocenters. The molecular weight excluding hydrogens is 406 g/mol. The molecule has 2 aliphatic heterocycles. The first-order valence-corrected chi connectivity index (χ1v) is 11.6. The van der Waals surface area contributed by atoms with Gasteiger partial charge in [0.2, 0.25) is 0 Å². The van der Waals surface area contributed by atoms with Gasteiger partial charge in [0.25, 0.3) is 5.91 Å². The maximum atomic E-state index is 13.1. The highest BCUT2D eigenvalue weighted by Crippen LogP contribution is 2.30. The van der Waals surface area contributed by atoms with E-state index in [-0.39, 0.29) is 5.91 Å². The fourth-order valence-corrected chi connectivity index (χ4v) is 4.32. The van der Waals surface area contributed by atoms with E-state index in [1.807, 2.05) is 42.2 Å². The Bertz CT molecular complexity index is 863. The molecule has 1 amide bonds. The van der Waals surface area contributed by atoms with Crippen LogP contribution in [-0.2, 0) is 11.3 Å². The number of rotatable bonds is 8. The minimum Gasteiger partial charge on any atom is -0.490 e. The zero-order valence-corrected chi connectivity index (χ0v) is 18.9. The molecule has 2 saturated heterocycles. The quantitative estimate of drug-likeness (QED) is 0.629. The van der Waals surface area contributed by atoms with Crippen molar-refractivity contribution in [3.8, 4) is 11.5 Å². The topological polar surface area (TPSA) is 64.1 Å². The van der Waals surface area contributed by atoms with Gasteiger partial charge in [-0.05, 0) is 61.6 Å². The molecule has 2 aliphatic rings. The first-order valence-electron chi connectivity index (χ1n) is 11.6. The molecule has 1 aromatic heterocycles. The second-order valence-electron chi connectivity index (χ2n) is 8.39. The van der Waals surface area contributed by atoms with Crippen molar-refractivity contribution in [1.29, 1.82) is 0 Å². The minimum absolute atomic E-state index is 0.0662.